The summed E-state index contributed by atoms with van der Waals surface area (Å²) >= 11 is 0. The average molecular weight is 630 g/mol. The summed E-state index contributed by atoms with van der Waals surface area (Å²) in [6.45, 7) is 1.74. The molecule has 0 atom stereocenters. The Labute approximate surface area is 241 Å². The van der Waals surface area contributed by atoms with Gasteiger partial charge in [0.15, 0.2) is 23.2 Å². The van der Waals surface area contributed by atoms with Gasteiger partial charge in [-0.05, 0) is 58.7 Å². The van der Waals surface area contributed by atoms with E-state index >= 15 is 13.2 Å². The predicted octanol–water partition coefficient (Wildman–Crippen LogP) is 10.5. The van der Waals surface area contributed by atoms with Gasteiger partial charge >= 0.3 is 12.5 Å². The molecule has 0 saturated heterocycles. The van der Waals surface area contributed by atoms with Crippen molar-refractivity contribution < 1.29 is 57.8 Å². The van der Waals surface area contributed by atoms with Gasteiger partial charge in [-0.25, -0.2) is 26.3 Å². The lowest BCUT2D eigenvalue weighted by Crippen LogP contribution is -2.23. The summed E-state index contributed by atoms with van der Waals surface area (Å²) < 4.78 is 164. The van der Waals surface area contributed by atoms with Gasteiger partial charge in [0.2, 0.25) is 0 Å². The fourth-order valence-electron chi connectivity index (χ4n) is 4.82. The molecule has 0 heterocycles. The molecule has 5 aromatic rings. The lowest BCUT2D eigenvalue weighted by atomic mass is 9.96. The molecule has 0 bridgehead atoms. The van der Waals surface area contributed by atoms with Gasteiger partial charge in [0.1, 0.15) is 23.2 Å². The second-order valence-electron chi connectivity index (χ2n) is 9.68. The van der Waals surface area contributed by atoms with Gasteiger partial charge < -0.3 is 9.47 Å². The van der Waals surface area contributed by atoms with Crippen LogP contribution in [0, 0.1) is 34.9 Å². The Hall–Kier alpha value is -4.55. The van der Waals surface area contributed by atoms with Crippen LogP contribution >= 0.6 is 0 Å². The van der Waals surface area contributed by atoms with Gasteiger partial charge in [-0.1, -0.05) is 37.6 Å². The molecule has 0 unspecified atom stereocenters. The number of ether oxygens (including phenoxy) is 2. The Balaban J connectivity index is 1.47. The van der Waals surface area contributed by atoms with Crippen LogP contribution in [0.15, 0.2) is 60.7 Å². The van der Waals surface area contributed by atoms with E-state index in [1.165, 1.54) is 12.1 Å². The van der Waals surface area contributed by atoms with Crippen LogP contribution in [-0.4, -0.2) is 6.36 Å². The molecule has 44 heavy (non-hydrogen) atoms. The van der Waals surface area contributed by atoms with Crippen molar-refractivity contribution >= 4 is 21.5 Å². The normalized spacial score (nSPS) is 12.3. The van der Waals surface area contributed by atoms with E-state index in [1.54, 1.807) is 6.92 Å². The van der Waals surface area contributed by atoms with Crippen molar-refractivity contribution in [3.05, 3.63) is 107 Å². The fraction of sp³-hybridized carbons (Fsp3) is 0.161. The zero-order valence-electron chi connectivity index (χ0n) is 22.2. The molecule has 5 rings (SSSR count). The Morgan fingerprint density at radius 3 is 1.95 bits per heavy atom. The van der Waals surface area contributed by atoms with Gasteiger partial charge in [-0.2, -0.15) is 8.78 Å². The van der Waals surface area contributed by atoms with Crippen molar-refractivity contribution in [2.45, 2.75) is 32.2 Å². The molecule has 13 heteroatoms. The first-order valence-corrected chi connectivity index (χ1v) is 12.7. The van der Waals surface area contributed by atoms with Crippen molar-refractivity contribution in [3.8, 4) is 22.6 Å². The highest BCUT2D eigenvalue weighted by Gasteiger charge is 2.38. The molecule has 0 spiro atoms. The number of aryl methyl sites for hydroxylation is 1. The van der Waals surface area contributed by atoms with E-state index in [-0.39, 0.29) is 29.0 Å². The summed E-state index contributed by atoms with van der Waals surface area (Å²) in [5.41, 5.74) is -2.06. The third kappa shape index (κ3) is 5.70. The second kappa shape index (κ2) is 11.2. The highest BCUT2D eigenvalue weighted by atomic mass is 19.4. The highest BCUT2D eigenvalue weighted by Crippen LogP contribution is 2.40. The average Bonchev–Trinajstić information content (AvgIpc) is 2.92. The third-order valence-electron chi connectivity index (χ3n) is 6.73. The first-order chi connectivity index (χ1) is 20.6. The van der Waals surface area contributed by atoms with E-state index in [0.29, 0.717) is 30.7 Å². The van der Waals surface area contributed by atoms with Gasteiger partial charge in [0, 0.05) is 11.6 Å². The summed E-state index contributed by atoms with van der Waals surface area (Å²) in [6.07, 6.45) is -9.08. The smallest absolute Gasteiger partial charge is 0.429 e. The van der Waals surface area contributed by atoms with Crippen LogP contribution in [0.2, 0.25) is 0 Å². The molecule has 0 radical (unpaired) electrons. The topological polar surface area (TPSA) is 18.5 Å². The zero-order chi connectivity index (χ0) is 32.1. The quantitative estimate of drug-likeness (QED) is 0.167. The minimum atomic E-state index is -5.29. The van der Waals surface area contributed by atoms with Gasteiger partial charge in [0.05, 0.1) is 16.3 Å². The van der Waals surface area contributed by atoms with Crippen LogP contribution in [0.1, 0.15) is 24.5 Å². The maximum absolute atomic E-state index is 15.3. The summed E-state index contributed by atoms with van der Waals surface area (Å²) in [4.78, 5) is 0. The molecule has 0 amide bonds. The first kappa shape index (κ1) is 30.9. The maximum Gasteiger partial charge on any atom is 0.573 e. The summed E-state index contributed by atoms with van der Waals surface area (Å²) in [5.74, 6) is -11.2. The van der Waals surface area contributed by atoms with Crippen molar-refractivity contribution in [1.29, 1.82) is 0 Å². The van der Waals surface area contributed by atoms with E-state index in [2.05, 4.69) is 9.47 Å². The Morgan fingerprint density at radius 2 is 1.30 bits per heavy atom. The Morgan fingerprint density at radius 1 is 0.614 bits per heavy atom. The second-order valence-corrected chi connectivity index (χ2v) is 9.68. The van der Waals surface area contributed by atoms with Crippen molar-refractivity contribution in [3.63, 3.8) is 0 Å². The minimum Gasteiger partial charge on any atom is -0.429 e. The monoisotopic (exact) mass is 630 g/mol. The number of halogens is 11. The number of benzene rings is 5. The lowest BCUT2D eigenvalue weighted by Gasteiger charge is -2.20. The molecule has 0 fully saturated rings. The molecule has 230 valence electrons. The van der Waals surface area contributed by atoms with E-state index < -0.39 is 86.2 Å². The van der Waals surface area contributed by atoms with E-state index in [0.717, 1.165) is 18.2 Å². The van der Waals surface area contributed by atoms with Crippen LogP contribution in [0.5, 0.6) is 11.5 Å². The predicted molar refractivity (Wildman–Crippen MR) is 138 cm³/mol. The molecule has 0 saturated carbocycles. The first-order valence-electron chi connectivity index (χ1n) is 12.7. The standard InChI is InChI=1S/C31H17F11O2/c1-2-3-17-10-15-4-7-19(27(35)25(15)29(37)26(17)34)14-5-8-20(21(32)12-14)30(38,39)43-18-11-16-6-9-23(44-31(40,41)42)28(36)24(16)22(33)13-18/h4-13H,2-3H2,1H3. The maximum atomic E-state index is 15.3. The Kier molecular flexibility index (Phi) is 7.85. The number of hydrogen-bond donors (Lipinski definition) is 0. The minimum absolute atomic E-state index is 0.0391. The fourth-order valence-corrected chi connectivity index (χ4v) is 4.82. The molecule has 0 aliphatic rings. The molecule has 0 aliphatic heterocycles. The molecule has 0 N–H and O–H groups in total. The van der Waals surface area contributed by atoms with Gasteiger partial charge in [-0.15, -0.1) is 13.2 Å². The van der Waals surface area contributed by atoms with Crippen molar-refractivity contribution in [2.24, 2.45) is 0 Å². The summed E-state index contributed by atoms with van der Waals surface area (Å²) in [6, 6.07) is 7.83. The molecule has 0 aliphatic carbocycles. The summed E-state index contributed by atoms with van der Waals surface area (Å²) in [5, 5.41) is -2.15. The number of hydrogen-bond acceptors (Lipinski definition) is 2. The highest BCUT2D eigenvalue weighted by molar-refractivity contribution is 5.90. The van der Waals surface area contributed by atoms with Crippen LogP contribution in [0.4, 0.5) is 48.3 Å². The van der Waals surface area contributed by atoms with Crippen molar-refractivity contribution in [1.82, 2.24) is 0 Å². The molecular formula is C31H17F11O2. The van der Waals surface area contributed by atoms with E-state index in [4.69, 9.17) is 0 Å². The van der Waals surface area contributed by atoms with Gasteiger partial charge in [-0.3, -0.25) is 0 Å². The van der Waals surface area contributed by atoms with Crippen LogP contribution < -0.4 is 9.47 Å². The van der Waals surface area contributed by atoms with E-state index in [9.17, 15) is 35.1 Å². The zero-order valence-corrected chi connectivity index (χ0v) is 22.2. The van der Waals surface area contributed by atoms with Crippen molar-refractivity contribution in [2.75, 3.05) is 0 Å². The SMILES string of the molecule is CCCc1cc2ccc(-c3ccc(C(F)(F)Oc4cc(F)c5c(F)c(OC(F)(F)F)ccc5c4)c(F)c3)c(F)c2c(F)c1F. The largest absolute Gasteiger partial charge is 0.573 e. The van der Waals surface area contributed by atoms with E-state index in [1.807, 2.05) is 0 Å². The number of rotatable bonds is 7. The van der Waals surface area contributed by atoms with Crippen LogP contribution in [-0.2, 0) is 12.5 Å². The molecule has 0 aromatic heterocycles. The lowest BCUT2D eigenvalue weighted by molar-refractivity contribution is -0.275. The molecule has 2 nitrogen and oxygen atoms in total. The number of alkyl halides is 5. The summed E-state index contributed by atoms with van der Waals surface area (Å²) in [7, 11) is 0. The third-order valence-corrected chi connectivity index (χ3v) is 6.73. The van der Waals surface area contributed by atoms with Crippen LogP contribution in [0.3, 0.4) is 0 Å². The van der Waals surface area contributed by atoms with Crippen LogP contribution in [0.25, 0.3) is 32.7 Å². The number of fused-ring (bicyclic) bond motifs is 2. The Bertz CT molecular complexity index is 1920. The van der Waals surface area contributed by atoms with Gasteiger partial charge in [0.25, 0.3) is 0 Å². The molecular weight excluding hydrogens is 613 g/mol. The molecule has 5 aromatic carbocycles.